The summed E-state index contributed by atoms with van der Waals surface area (Å²) in [5, 5.41) is 0. The summed E-state index contributed by atoms with van der Waals surface area (Å²) >= 11 is 0. The Morgan fingerprint density at radius 1 is 0.829 bits per heavy atom. The standard InChI is InChI=1S/C35H28N6/c1-4-5-11-29(36-3)34-35(41-31-18-23(2)12-14-28(31)40-34)30-15-13-24(22-39-30)19-25-20-27(26-9-7-6-8-10-26)33-32(21-25)37-16-17-38-33/h4-18,20-22H,3,19H2,1-2H3/b5-4-,29-11-. The first-order chi connectivity index (χ1) is 20.1. The highest BCUT2D eigenvalue weighted by molar-refractivity contribution is 5.92. The Balaban J connectivity index is 1.39. The van der Waals surface area contributed by atoms with Crippen LogP contribution in [0.4, 0.5) is 0 Å². The largest absolute Gasteiger partial charge is 0.262 e. The Bertz CT molecular complexity index is 1940. The van der Waals surface area contributed by atoms with Crippen molar-refractivity contribution in [2.24, 2.45) is 4.99 Å². The van der Waals surface area contributed by atoms with Crippen molar-refractivity contribution in [3.8, 4) is 22.5 Å². The van der Waals surface area contributed by atoms with Crippen molar-refractivity contribution in [2.75, 3.05) is 0 Å². The maximum absolute atomic E-state index is 4.98. The number of aromatic nitrogens is 5. The predicted octanol–water partition coefficient (Wildman–Crippen LogP) is 7.82. The number of benzene rings is 3. The van der Waals surface area contributed by atoms with E-state index in [1.54, 1.807) is 12.4 Å². The second-order valence-electron chi connectivity index (χ2n) is 9.81. The van der Waals surface area contributed by atoms with Gasteiger partial charge in [0.1, 0.15) is 11.4 Å². The van der Waals surface area contributed by atoms with E-state index >= 15 is 0 Å². The molecule has 6 heteroatoms. The van der Waals surface area contributed by atoms with Gasteiger partial charge in [0.2, 0.25) is 0 Å². The highest BCUT2D eigenvalue weighted by Gasteiger charge is 2.16. The van der Waals surface area contributed by atoms with Crippen LogP contribution < -0.4 is 0 Å². The van der Waals surface area contributed by atoms with Crippen LogP contribution in [0.1, 0.15) is 29.3 Å². The summed E-state index contributed by atoms with van der Waals surface area (Å²) in [6, 6.07) is 24.7. The minimum Gasteiger partial charge on any atom is -0.262 e. The fourth-order valence-electron chi connectivity index (χ4n) is 4.89. The van der Waals surface area contributed by atoms with E-state index in [1.165, 1.54) is 0 Å². The van der Waals surface area contributed by atoms with Gasteiger partial charge < -0.3 is 0 Å². The molecule has 0 N–H and O–H groups in total. The molecule has 0 aliphatic carbocycles. The molecule has 6 aromatic rings. The lowest BCUT2D eigenvalue weighted by Gasteiger charge is -2.12. The van der Waals surface area contributed by atoms with Gasteiger partial charge in [-0.2, -0.15) is 0 Å². The minimum atomic E-state index is 0.643. The van der Waals surface area contributed by atoms with E-state index in [1.807, 2.05) is 80.7 Å². The maximum Gasteiger partial charge on any atom is 0.117 e. The van der Waals surface area contributed by atoms with Crippen LogP contribution in [-0.2, 0) is 6.42 Å². The molecule has 0 saturated heterocycles. The van der Waals surface area contributed by atoms with E-state index in [9.17, 15) is 0 Å². The summed E-state index contributed by atoms with van der Waals surface area (Å²) in [6.07, 6.45) is 11.8. The topological polar surface area (TPSA) is 76.8 Å². The molecule has 3 aromatic heterocycles. The van der Waals surface area contributed by atoms with Gasteiger partial charge in [-0.15, -0.1) is 0 Å². The van der Waals surface area contributed by atoms with E-state index in [4.69, 9.17) is 15.0 Å². The van der Waals surface area contributed by atoms with E-state index in [0.717, 1.165) is 55.6 Å². The zero-order valence-corrected chi connectivity index (χ0v) is 23.0. The lowest BCUT2D eigenvalue weighted by atomic mass is 9.97. The van der Waals surface area contributed by atoms with Gasteiger partial charge in [-0.3, -0.25) is 19.9 Å². The van der Waals surface area contributed by atoms with Crippen molar-refractivity contribution in [1.82, 2.24) is 24.9 Å². The summed E-state index contributed by atoms with van der Waals surface area (Å²) in [5.74, 6) is 0. The summed E-state index contributed by atoms with van der Waals surface area (Å²) in [7, 11) is 0. The van der Waals surface area contributed by atoms with E-state index < -0.39 is 0 Å². The smallest absolute Gasteiger partial charge is 0.117 e. The molecule has 0 bridgehead atoms. The minimum absolute atomic E-state index is 0.643. The number of fused-ring (bicyclic) bond motifs is 2. The fourth-order valence-corrected chi connectivity index (χ4v) is 4.89. The molecule has 198 valence electrons. The summed E-state index contributed by atoms with van der Waals surface area (Å²) in [4.78, 5) is 28.2. The van der Waals surface area contributed by atoms with Gasteiger partial charge in [0.25, 0.3) is 0 Å². The van der Waals surface area contributed by atoms with Crippen LogP contribution in [0.25, 0.3) is 50.3 Å². The lowest BCUT2D eigenvalue weighted by Crippen LogP contribution is -2.00. The van der Waals surface area contributed by atoms with Crippen LogP contribution in [0.15, 0.2) is 115 Å². The molecular formula is C35H28N6. The van der Waals surface area contributed by atoms with Crippen LogP contribution in [0.5, 0.6) is 0 Å². The molecule has 6 nitrogen and oxygen atoms in total. The van der Waals surface area contributed by atoms with Crippen LogP contribution in [-0.4, -0.2) is 31.6 Å². The molecule has 0 radical (unpaired) electrons. The van der Waals surface area contributed by atoms with Gasteiger partial charge in [-0.25, -0.2) is 9.97 Å². The Morgan fingerprint density at radius 3 is 2.46 bits per heavy atom. The molecule has 0 spiro atoms. The molecule has 0 fully saturated rings. The second kappa shape index (κ2) is 11.4. The number of nitrogens with zero attached hydrogens (tertiary/aromatic N) is 6. The van der Waals surface area contributed by atoms with Gasteiger partial charge in [0, 0.05) is 24.2 Å². The van der Waals surface area contributed by atoms with Crippen LogP contribution in [0, 0.1) is 6.92 Å². The first-order valence-electron chi connectivity index (χ1n) is 13.5. The normalized spacial score (nSPS) is 11.9. The number of hydrogen-bond donors (Lipinski definition) is 0. The zero-order valence-electron chi connectivity index (χ0n) is 23.0. The van der Waals surface area contributed by atoms with Crippen LogP contribution in [0.2, 0.25) is 0 Å². The Labute approximate surface area is 238 Å². The van der Waals surface area contributed by atoms with Crippen LogP contribution >= 0.6 is 0 Å². The predicted molar refractivity (Wildman–Crippen MR) is 168 cm³/mol. The molecule has 0 atom stereocenters. The third kappa shape index (κ3) is 5.40. The number of aliphatic imine (C=N–C) groups is 1. The Morgan fingerprint density at radius 2 is 1.68 bits per heavy atom. The summed E-state index contributed by atoms with van der Waals surface area (Å²) in [6.45, 7) is 7.78. The first kappa shape index (κ1) is 25.9. The Hall–Kier alpha value is -5.36. The molecule has 0 aliphatic heterocycles. The molecule has 6 rings (SSSR count). The maximum atomic E-state index is 4.98. The number of allylic oxidation sites excluding steroid dienone is 3. The van der Waals surface area contributed by atoms with Crippen molar-refractivity contribution in [1.29, 1.82) is 0 Å². The van der Waals surface area contributed by atoms with Crippen molar-refractivity contribution in [3.63, 3.8) is 0 Å². The molecule has 0 unspecified atom stereocenters. The average Bonchev–Trinajstić information content (AvgIpc) is 3.01. The van der Waals surface area contributed by atoms with E-state index in [2.05, 4.69) is 52.0 Å². The molecular weight excluding hydrogens is 504 g/mol. The molecule has 0 aliphatic rings. The van der Waals surface area contributed by atoms with Gasteiger partial charge in [-0.1, -0.05) is 54.6 Å². The third-order valence-corrected chi connectivity index (χ3v) is 6.87. The monoisotopic (exact) mass is 532 g/mol. The zero-order chi connectivity index (χ0) is 28.2. The van der Waals surface area contributed by atoms with Crippen molar-refractivity contribution < 1.29 is 0 Å². The Kier molecular flexibility index (Phi) is 7.20. The lowest BCUT2D eigenvalue weighted by molar-refractivity contribution is 1.13. The average molecular weight is 533 g/mol. The van der Waals surface area contributed by atoms with Gasteiger partial charge >= 0.3 is 0 Å². The van der Waals surface area contributed by atoms with Gasteiger partial charge in [-0.05, 0) is 85.6 Å². The van der Waals surface area contributed by atoms with Crippen molar-refractivity contribution in [2.45, 2.75) is 20.3 Å². The number of aryl methyl sites for hydroxylation is 1. The second-order valence-corrected chi connectivity index (χ2v) is 9.81. The highest BCUT2D eigenvalue weighted by Crippen LogP contribution is 2.30. The quantitative estimate of drug-likeness (QED) is 0.155. The number of rotatable bonds is 7. The SMILES string of the molecule is C=N/C(=C\C=C/C)c1nc2ccc(C)cc2nc1-c1ccc(Cc2cc(-c3ccccc3)c3nccnc3c2)cn1. The van der Waals surface area contributed by atoms with Crippen molar-refractivity contribution >= 4 is 34.5 Å². The summed E-state index contributed by atoms with van der Waals surface area (Å²) in [5.41, 5.74) is 11.6. The van der Waals surface area contributed by atoms with E-state index in [-0.39, 0.29) is 0 Å². The van der Waals surface area contributed by atoms with Crippen LogP contribution in [0.3, 0.4) is 0 Å². The first-order valence-corrected chi connectivity index (χ1v) is 13.5. The number of pyridine rings is 1. The highest BCUT2D eigenvalue weighted by atomic mass is 14.9. The van der Waals surface area contributed by atoms with Gasteiger partial charge in [0.05, 0.1) is 33.5 Å². The van der Waals surface area contributed by atoms with Gasteiger partial charge in [0.15, 0.2) is 0 Å². The number of hydrogen-bond acceptors (Lipinski definition) is 6. The van der Waals surface area contributed by atoms with E-state index in [0.29, 0.717) is 23.5 Å². The molecule has 0 saturated carbocycles. The fraction of sp³-hybridized carbons (Fsp3) is 0.0857. The van der Waals surface area contributed by atoms with Crippen molar-refractivity contribution in [3.05, 3.63) is 132 Å². The summed E-state index contributed by atoms with van der Waals surface area (Å²) < 4.78 is 0. The molecule has 3 aromatic carbocycles. The molecule has 41 heavy (non-hydrogen) atoms. The molecule has 3 heterocycles. The molecule has 0 amide bonds. The third-order valence-electron chi connectivity index (χ3n) is 6.87.